The fourth-order valence-corrected chi connectivity index (χ4v) is 7.23. The molecule has 0 saturated heterocycles. The van der Waals surface area contributed by atoms with Crippen molar-refractivity contribution in [3.63, 3.8) is 0 Å². The molecule has 0 fully saturated rings. The van der Waals surface area contributed by atoms with E-state index in [1.54, 1.807) is 14.2 Å². The van der Waals surface area contributed by atoms with E-state index in [1.807, 2.05) is 0 Å². The SMILES string of the molecule is CO[Si](CCCN)(OC)O[Si](C)(C)C. The van der Waals surface area contributed by atoms with Gasteiger partial charge in [-0.3, -0.25) is 0 Å². The van der Waals surface area contributed by atoms with Gasteiger partial charge in [0.1, 0.15) is 0 Å². The van der Waals surface area contributed by atoms with Gasteiger partial charge in [-0.05, 0) is 32.6 Å². The molecule has 4 nitrogen and oxygen atoms in total. The smallest absolute Gasteiger partial charge is 0.416 e. The average molecular weight is 237 g/mol. The third-order valence-electron chi connectivity index (χ3n) is 1.77. The molecule has 0 radical (unpaired) electrons. The second kappa shape index (κ2) is 5.99. The van der Waals surface area contributed by atoms with Crippen molar-refractivity contribution >= 4 is 17.1 Å². The Bertz CT molecular complexity index is 157. The minimum Gasteiger partial charge on any atom is -0.416 e. The predicted molar refractivity (Wildman–Crippen MR) is 62.7 cm³/mol. The predicted octanol–water partition coefficient (Wildman–Crippen LogP) is 1.42. The van der Waals surface area contributed by atoms with Crippen molar-refractivity contribution in [2.24, 2.45) is 5.73 Å². The van der Waals surface area contributed by atoms with Crippen LogP contribution in [0, 0.1) is 0 Å². The van der Waals surface area contributed by atoms with Gasteiger partial charge in [-0.2, -0.15) is 0 Å². The van der Waals surface area contributed by atoms with E-state index in [1.165, 1.54) is 0 Å². The number of hydrogen-bond donors (Lipinski definition) is 1. The summed E-state index contributed by atoms with van der Waals surface area (Å²) in [5.74, 6) is 0. The fourth-order valence-electron chi connectivity index (χ4n) is 1.21. The molecule has 0 heterocycles. The zero-order valence-electron chi connectivity index (χ0n) is 9.92. The summed E-state index contributed by atoms with van der Waals surface area (Å²) in [6.07, 6.45) is 0.887. The van der Waals surface area contributed by atoms with E-state index >= 15 is 0 Å². The maximum atomic E-state index is 6.00. The molecule has 14 heavy (non-hydrogen) atoms. The van der Waals surface area contributed by atoms with Crippen LogP contribution in [0.1, 0.15) is 6.42 Å². The van der Waals surface area contributed by atoms with E-state index < -0.39 is 17.1 Å². The molecule has 0 saturated carbocycles. The van der Waals surface area contributed by atoms with Crippen LogP contribution >= 0.6 is 0 Å². The molecule has 0 amide bonds. The highest BCUT2D eigenvalue weighted by molar-refractivity contribution is 6.79. The van der Waals surface area contributed by atoms with Crippen LogP contribution in [0.4, 0.5) is 0 Å². The summed E-state index contributed by atoms with van der Waals surface area (Å²) in [6, 6.07) is 0.806. The van der Waals surface area contributed by atoms with Gasteiger partial charge in [0.25, 0.3) is 0 Å². The van der Waals surface area contributed by atoms with Gasteiger partial charge in [0, 0.05) is 20.3 Å². The highest BCUT2D eigenvalue weighted by Crippen LogP contribution is 2.20. The third kappa shape index (κ3) is 5.23. The molecule has 0 aliphatic rings. The zero-order chi connectivity index (χ0) is 11.2. The van der Waals surface area contributed by atoms with Crippen LogP contribution in [0.3, 0.4) is 0 Å². The van der Waals surface area contributed by atoms with Gasteiger partial charge >= 0.3 is 8.80 Å². The van der Waals surface area contributed by atoms with Crippen molar-refractivity contribution in [3.8, 4) is 0 Å². The normalized spacial score (nSPS) is 13.3. The Balaban J connectivity index is 4.36. The van der Waals surface area contributed by atoms with Gasteiger partial charge in [-0.1, -0.05) is 0 Å². The lowest BCUT2D eigenvalue weighted by atomic mass is 10.5. The van der Waals surface area contributed by atoms with E-state index in [0.717, 1.165) is 12.5 Å². The van der Waals surface area contributed by atoms with E-state index in [4.69, 9.17) is 18.7 Å². The first-order valence-corrected chi connectivity index (χ1v) is 10.2. The van der Waals surface area contributed by atoms with Crippen LogP contribution in [0.5, 0.6) is 0 Å². The Hall–Kier alpha value is 0.274. The Morgan fingerprint density at radius 3 is 1.86 bits per heavy atom. The lowest BCUT2D eigenvalue weighted by molar-refractivity contribution is 0.157. The molecule has 2 N–H and O–H groups in total. The largest absolute Gasteiger partial charge is 0.489 e. The molecule has 0 aromatic carbocycles. The van der Waals surface area contributed by atoms with Crippen molar-refractivity contribution in [1.29, 1.82) is 0 Å². The fraction of sp³-hybridized carbons (Fsp3) is 1.00. The minimum atomic E-state index is -2.42. The number of nitrogens with two attached hydrogens (primary N) is 1. The molecule has 0 bridgehead atoms. The highest BCUT2D eigenvalue weighted by Gasteiger charge is 2.42. The summed E-state index contributed by atoms with van der Waals surface area (Å²) >= 11 is 0. The van der Waals surface area contributed by atoms with Crippen LogP contribution in [-0.2, 0) is 13.0 Å². The molecular weight excluding hydrogens is 214 g/mol. The second-order valence-electron chi connectivity index (χ2n) is 4.20. The van der Waals surface area contributed by atoms with Crippen molar-refractivity contribution < 1.29 is 13.0 Å². The first kappa shape index (κ1) is 14.3. The van der Waals surface area contributed by atoms with Crippen LogP contribution in [-0.4, -0.2) is 37.9 Å². The summed E-state index contributed by atoms with van der Waals surface area (Å²) in [7, 11) is -0.714. The summed E-state index contributed by atoms with van der Waals surface area (Å²) in [5, 5.41) is 0. The first-order valence-electron chi connectivity index (χ1n) is 4.89. The van der Waals surface area contributed by atoms with Crippen LogP contribution in [0.25, 0.3) is 0 Å². The maximum absolute atomic E-state index is 6.00. The first-order chi connectivity index (χ1) is 6.39. The molecular formula is C8H23NO3Si2. The van der Waals surface area contributed by atoms with Gasteiger partial charge in [0.05, 0.1) is 0 Å². The van der Waals surface area contributed by atoms with Gasteiger partial charge in [0.2, 0.25) is 0 Å². The van der Waals surface area contributed by atoms with E-state index in [0.29, 0.717) is 6.54 Å². The Morgan fingerprint density at radius 1 is 1.07 bits per heavy atom. The minimum absolute atomic E-state index is 0.649. The van der Waals surface area contributed by atoms with Gasteiger partial charge in [-0.15, -0.1) is 0 Å². The zero-order valence-corrected chi connectivity index (χ0v) is 11.9. The van der Waals surface area contributed by atoms with Crippen LogP contribution in [0.15, 0.2) is 0 Å². The third-order valence-corrected chi connectivity index (χ3v) is 7.67. The molecule has 0 aliphatic carbocycles. The van der Waals surface area contributed by atoms with Gasteiger partial charge in [0.15, 0.2) is 8.32 Å². The highest BCUT2D eigenvalue weighted by atomic mass is 28.5. The second-order valence-corrected chi connectivity index (χ2v) is 11.9. The molecule has 0 unspecified atom stereocenters. The standard InChI is InChI=1S/C8H23NO3Si2/c1-10-14(11-2,8-6-7-9)12-13(3,4)5/h6-9H2,1-5H3. The molecule has 0 aromatic rings. The molecule has 0 spiro atoms. The van der Waals surface area contributed by atoms with Crippen molar-refractivity contribution in [2.75, 3.05) is 20.8 Å². The van der Waals surface area contributed by atoms with Gasteiger partial charge < -0.3 is 18.7 Å². The number of hydrogen-bond acceptors (Lipinski definition) is 4. The molecule has 0 aliphatic heterocycles. The quantitative estimate of drug-likeness (QED) is 0.680. The summed E-state index contributed by atoms with van der Waals surface area (Å²) in [4.78, 5) is 0. The van der Waals surface area contributed by atoms with Crippen molar-refractivity contribution in [3.05, 3.63) is 0 Å². The Labute approximate surface area is 89.2 Å². The summed E-state index contributed by atoms with van der Waals surface area (Å²) in [6.45, 7) is 7.05. The van der Waals surface area contributed by atoms with E-state index in [9.17, 15) is 0 Å². The lowest BCUT2D eigenvalue weighted by Gasteiger charge is -2.32. The molecule has 0 aromatic heterocycles. The monoisotopic (exact) mass is 237 g/mol. The van der Waals surface area contributed by atoms with Crippen LogP contribution in [0.2, 0.25) is 25.7 Å². The number of rotatable bonds is 7. The van der Waals surface area contributed by atoms with E-state index in [-0.39, 0.29) is 0 Å². The van der Waals surface area contributed by atoms with Crippen LogP contribution < -0.4 is 5.73 Å². The van der Waals surface area contributed by atoms with E-state index in [2.05, 4.69) is 19.6 Å². The lowest BCUT2D eigenvalue weighted by Crippen LogP contribution is -2.51. The summed E-state index contributed by atoms with van der Waals surface area (Å²) in [5.41, 5.74) is 5.48. The van der Waals surface area contributed by atoms with Gasteiger partial charge in [-0.25, -0.2) is 0 Å². The molecule has 0 atom stereocenters. The Kier molecular flexibility index (Phi) is 6.11. The summed E-state index contributed by atoms with van der Waals surface area (Å²) < 4.78 is 16.9. The van der Waals surface area contributed by atoms with Crippen molar-refractivity contribution in [2.45, 2.75) is 32.1 Å². The molecule has 86 valence electrons. The molecule has 6 heteroatoms. The maximum Gasteiger partial charge on any atom is 0.489 e. The Morgan fingerprint density at radius 2 is 1.57 bits per heavy atom. The topological polar surface area (TPSA) is 53.7 Å². The molecule has 0 rings (SSSR count). The van der Waals surface area contributed by atoms with Crippen molar-refractivity contribution in [1.82, 2.24) is 0 Å². The average Bonchev–Trinajstić information content (AvgIpc) is 2.10.